The summed E-state index contributed by atoms with van der Waals surface area (Å²) in [6, 6.07) is 7.25. The van der Waals surface area contributed by atoms with Crippen LogP contribution in [-0.4, -0.2) is 30.3 Å². The maximum absolute atomic E-state index is 11.9. The molecule has 1 aliphatic rings. The van der Waals surface area contributed by atoms with Crippen molar-refractivity contribution < 1.29 is 4.79 Å². The van der Waals surface area contributed by atoms with Gasteiger partial charge in [-0.3, -0.25) is 9.69 Å². The molecule has 1 aromatic rings. The van der Waals surface area contributed by atoms with E-state index >= 15 is 0 Å². The average Bonchev–Trinajstić information content (AvgIpc) is 2.71. The molecule has 1 aromatic carbocycles. The van der Waals surface area contributed by atoms with Gasteiger partial charge in [-0.15, -0.1) is 0 Å². The van der Waals surface area contributed by atoms with E-state index in [-0.39, 0.29) is 5.78 Å². The predicted molar refractivity (Wildman–Crippen MR) is 61.5 cm³/mol. The highest BCUT2D eigenvalue weighted by Crippen LogP contribution is 2.17. The first-order valence-electron chi connectivity index (χ1n) is 5.27. The van der Waals surface area contributed by atoms with Crippen LogP contribution < -0.4 is 0 Å². The van der Waals surface area contributed by atoms with Crippen LogP contribution in [0.4, 0.5) is 0 Å². The molecule has 1 saturated heterocycles. The standard InChI is InChI=1S/C12H14ClNO/c13-11-6-2-1-5-10(11)12(15)9-14-7-3-4-8-14/h1-2,5-6H,3-4,7-9H2. The van der Waals surface area contributed by atoms with Gasteiger partial charge in [0.15, 0.2) is 5.78 Å². The van der Waals surface area contributed by atoms with E-state index in [1.807, 2.05) is 12.1 Å². The SMILES string of the molecule is O=C(CN1CCCC1)c1ccccc1Cl. The second-order valence-electron chi connectivity index (χ2n) is 3.89. The lowest BCUT2D eigenvalue weighted by Gasteiger charge is -2.13. The predicted octanol–water partition coefficient (Wildman–Crippen LogP) is 2.62. The van der Waals surface area contributed by atoms with E-state index in [1.165, 1.54) is 12.8 Å². The summed E-state index contributed by atoms with van der Waals surface area (Å²) in [6.45, 7) is 2.58. The van der Waals surface area contributed by atoms with Crippen LogP contribution in [0, 0.1) is 0 Å². The lowest BCUT2D eigenvalue weighted by atomic mass is 10.1. The van der Waals surface area contributed by atoms with E-state index in [0.29, 0.717) is 17.1 Å². The van der Waals surface area contributed by atoms with Crippen molar-refractivity contribution in [3.8, 4) is 0 Å². The van der Waals surface area contributed by atoms with Crippen LogP contribution >= 0.6 is 11.6 Å². The third-order valence-electron chi connectivity index (χ3n) is 2.74. The zero-order valence-electron chi connectivity index (χ0n) is 8.58. The summed E-state index contributed by atoms with van der Waals surface area (Å²) in [6.07, 6.45) is 2.41. The minimum atomic E-state index is 0.127. The Morgan fingerprint density at radius 3 is 2.60 bits per heavy atom. The number of carbonyl (C=O) groups excluding carboxylic acids is 1. The molecule has 2 nitrogen and oxygen atoms in total. The highest BCUT2D eigenvalue weighted by molar-refractivity contribution is 6.34. The van der Waals surface area contributed by atoms with E-state index in [4.69, 9.17) is 11.6 Å². The molecular formula is C12H14ClNO. The fourth-order valence-corrected chi connectivity index (χ4v) is 2.16. The second kappa shape index (κ2) is 4.77. The van der Waals surface area contributed by atoms with Gasteiger partial charge in [-0.05, 0) is 38.1 Å². The third kappa shape index (κ3) is 2.58. The summed E-state index contributed by atoms with van der Waals surface area (Å²) < 4.78 is 0. The molecular weight excluding hydrogens is 210 g/mol. The Bertz CT molecular complexity index is 358. The maximum Gasteiger partial charge on any atom is 0.178 e. The third-order valence-corrected chi connectivity index (χ3v) is 3.07. The number of benzene rings is 1. The van der Waals surface area contributed by atoms with Crippen molar-refractivity contribution >= 4 is 17.4 Å². The zero-order valence-corrected chi connectivity index (χ0v) is 9.33. The van der Waals surface area contributed by atoms with Gasteiger partial charge in [0, 0.05) is 5.56 Å². The van der Waals surface area contributed by atoms with Crippen LogP contribution in [0.3, 0.4) is 0 Å². The fourth-order valence-electron chi connectivity index (χ4n) is 1.92. The molecule has 0 aromatic heterocycles. The van der Waals surface area contributed by atoms with E-state index < -0.39 is 0 Å². The van der Waals surface area contributed by atoms with Crippen LogP contribution in [-0.2, 0) is 0 Å². The molecule has 1 aliphatic heterocycles. The van der Waals surface area contributed by atoms with Gasteiger partial charge in [-0.25, -0.2) is 0 Å². The molecule has 0 radical (unpaired) electrons. The summed E-state index contributed by atoms with van der Waals surface area (Å²) >= 11 is 5.97. The van der Waals surface area contributed by atoms with Gasteiger partial charge in [-0.1, -0.05) is 23.7 Å². The number of Topliss-reactive ketones (excluding diaryl/α,β-unsaturated/α-hetero) is 1. The number of halogens is 1. The molecule has 2 rings (SSSR count). The number of hydrogen-bond donors (Lipinski definition) is 0. The van der Waals surface area contributed by atoms with Gasteiger partial charge in [0.2, 0.25) is 0 Å². The Kier molecular flexibility index (Phi) is 3.39. The molecule has 0 N–H and O–H groups in total. The molecule has 0 spiro atoms. The quantitative estimate of drug-likeness (QED) is 0.735. The molecule has 0 unspecified atom stereocenters. The summed E-state index contributed by atoms with van der Waals surface area (Å²) in [7, 11) is 0. The van der Waals surface area contributed by atoms with Gasteiger partial charge in [0.1, 0.15) is 0 Å². The van der Waals surface area contributed by atoms with Gasteiger partial charge in [0.25, 0.3) is 0 Å². The van der Waals surface area contributed by atoms with Gasteiger partial charge >= 0.3 is 0 Å². The highest BCUT2D eigenvalue weighted by atomic mass is 35.5. The molecule has 0 bridgehead atoms. The summed E-state index contributed by atoms with van der Waals surface area (Å²) in [5.74, 6) is 0.127. The van der Waals surface area contributed by atoms with Crippen molar-refractivity contribution in [3.63, 3.8) is 0 Å². The number of nitrogens with zero attached hydrogens (tertiary/aromatic N) is 1. The van der Waals surface area contributed by atoms with Gasteiger partial charge in [0.05, 0.1) is 11.6 Å². The average molecular weight is 224 g/mol. The maximum atomic E-state index is 11.9. The normalized spacial score (nSPS) is 16.9. The van der Waals surface area contributed by atoms with E-state index in [9.17, 15) is 4.79 Å². The summed E-state index contributed by atoms with van der Waals surface area (Å²) in [5.41, 5.74) is 0.645. The molecule has 3 heteroatoms. The van der Waals surface area contributed by atoms with E-state index in [2.05, 4.69) is 4.90 Å². The van der Waals surface area contributed by atoms with Crippen molar-refractivity contribution in [1.29, 1.82) is 0 Å². The molecule has 0 aliphatic carbocycles. The second-order valence-corrected chi connectivity index (χ2v) is 4.29. The van der Waals surface area contributed by atoms with Crippen LogP contribution in [0.1, 0.15) is 23.2 Å². The molecule has 80 valence electrons. The smallest absolute Gasteiger partial charge is 0.178 e. The highest BCUT2D eigenvalue weighted by Gasteiger charge is 2.17. The molecule has 0 amide bonds. The fraction of sp³-hybridized carbons (Fsp3) is 0.417. The first kappa shape index (κ1) is 10.7. The van der Waals surface area contributed by atoms with Crippen LogP contribution in [0.25, 0.3) is 0 Å². The number of ketones is 1. The van der Waals surface area contributed by atoms with E-state index in [0.717, 1.165) is 13.1 Å². The minimum absolute atomic E-state index is 0.127. The Morgan fingerprint density at radius 2 is 1.93 bits per heavy atom. The molecule has 0 atom stereocenters. The molecule has 1 heterocycles. The Labute approximate surface area is 94.8 Å². The van der Waals surface area contributed by atoms with E-state index in [1.54, 1.807) is 12.1 Å². The topological polar surface area (TPSA) is 20.3 Å². The Balaban J connectivity index is 2.04. The number of carbonyl (C=O) groups is 1. The Hall–Kier alpha value is -0.860. The van der Waals surface area contributed by atoms with Gasteiger partial charge < -0.3 is 0 Å². The lowest BCUT2D eigenvalue weighted by Crippen LogP contribution is -2.26. The number of hydrogen-bond acceptors (Lipinski definition) is 2. The van der Waals surface area contributed by atoms with Gasteiger partial charge in [-0.2, -0.15) is 0 Å². The van der Waals surface area contributed by atoms with Crippen LogP contribution in [0.15, 0.2) is 24.3 Å². The summed E-state index contributed by atoms with van der Waals surface area (Å²) in [4.78, 5) is 14.1. The van der Waals surface area contributed by atoms with Crippen LogP contribution in [0.5, 0.6) is 0 Å². The lowest BCUT2D eigenvalue weighted by molar-refractivity contribution is 0.0945. The van der Waals surface area contributed by atoms with Crippen molar-refractivity contribution in [2.45, 2.75) is 12.8 Å². The first-order chi connectivity index (χ1) is 7.27. The minimum Gasteiger partial charge on any atom is -0.296 e. The Morgan fingerprint density at radius 1 is 1.27 bits per heavy atom. The molecule has 0 saturated carbocycles. The first-order valence-corrected chi connectivity index (χ1v) is 5.65. The number of rotatable bonds is 3. The van der Waals surface area contributed by atoms with Crippen molar-refractivity contribution in [1.82, 2.24) is 4.90 Å². The monoisotopic (exact) mass is 223 g/mol. The van der Waals surface area contributed by atoms with Crippen molar-refractivity contribution in [3.05, 3.63) is 34.9 Å². The number of likely N-dealkylation sites (tertiary alicyclic amines) is 1. The summed E-state index contributed by atoms with van der Waals surface area (Å²) in [5, 5.41) is 0.557. The van der Waals surface area contributed by atoms with Crippen molar-refractivity contribution in [2.75, 3.05) is 19.6 Å². The van der Waals surface area contributed by atoms with Crippen molar-refractivity contribution in [2.24, 2.45) is 0 Å². The van der Waals surface area contributed by atoms with Crippen LogP contribution in [0.2, 0.25) is 5.02 Å². The molecule has 15 heavy (non-hydrogen) atoms. The molecule has 1 fully saturated rings. The zero-order chi connectivity index (χ0) is 10.7. The largest absolute Gasteiger partial charge is 0.296 e.